The minimum absolute atomic E-state index is 0. The molecule has 0 saturated carbocycles. The molecule has 1 heterocycles. The van der Waals surface area contributed by atoms with Gasteiger partial charge in [0.2, 0.25) is 5.91 Å². The summed E-state index contributed by atoms with van der Waals surface area (Å²) < 4.78 is 5.77. The average molecular weight is 265 g/mol. The highest BCUT2D eigenvalue weighted by Crippen LogP contribution is 2.25. The van der Waals surface area contributed by atoms with Gasteiger partial charge in [-0.25, -0.2) is 0 Å². The highest BCUT2D eigenvalue weighted by atomic mass is 35.5. The van der Waals surface area contributed by atoms with Crippen LogP contribution in [-0.4, -0.2) is 31.7 Å². The summed E-state index contributed by atoms with van der Waals surface area (Å²) in [4.78, 5) is 11.3. The Labute approximate surface area is 110 Å². The Bertz CT molecular complexity index is 225. The summed E-state index contributed by atoms with van der Waals surface area (Å²) in [5.41, 5.74) is 5.33. The van der Waals surface area contributed by atoms with Crippen LogP contribution in [0.25, 0.3) is 0 Å². The number of halogens is 1. The van der Waals surface area contributed by atoms with Crippen LogP contribution in [0.4, 0.5) is 0 Å². The van der Waals surface area contributed by atoms with E-state index in [1.165, 1.54) is 0 Å². The van der Waals surface area contributed by atoms with Crippen molar-refractivity contribution < 1.29 is 9.53 Å². The predicted molar refractivity (Wildman–Crippen MR) is 71.2 cm³/mol. The lowest BCUT2D eigenvalue weighted by Gasteiger charge is -2.34. The molecule has 0 radical (unpaired) electrons. The Morgan fingerprint density at radius 3 is 2.82 bits per heavy atom. The van der Waals surface area contributed by atoms with Crippen molar-refractivity contribution in [1.29, 1.82) is 0 Å². The van der Waals surface area contributed by atoms with Crippen LogP contribution in [0, 0.1) is 11.8 Å². The van der Waals surface area contributed by atoms with Crippen LogP contribution in [0.2, 0.25) is 0 Å². The Kier molecular flexibility index (Phi) is 8.56. The smallest absolute Gasteiger partial charge is 0.221 e. The monoisotopic (exact) mass is 264 g/mol. The molecule has 102 valence electrons. The van der Waals surface area contributed by atoms with Crippen molar-refractivity contribution in [2.75, 3.05) is 19.7 Å². The largest absolute Gasteiger partial charge is 0.378 e. The van der Waals surface area contributed by atoms with Gasteiger partial charge in [-0.3, -0.25) is 4.79 Å². The SMILES string of the molecule is CC(C)C1OCCCC1CNC(=O)CCN.Cl. The van der Waals surface area contributed by atoms with Crippen molar-refractivity contribution >= 4 is 18.3 Å². The lowest BCUT2D eigenvalue weighted by atomic mass is 9.87. The molecule has 1 aliphatic rings. The zero-order chi connectivity index (χ0) is 12.0. The van der Waals surface area contributed by atoms with Crippen LogP contribution < -0.4 is 11.1 Å². The van der Waals surface area contributed by atoms with Gasteiger partial charge in [-0.15, -0.1) is 12.4 Å². The first-order valence-corrected chi connectivity index (χ1v) is 6.23. The van der Waals surface area contributed by atoms with E-state index >= 15 is 0 Å². The van der Waals surface area contributed by atoms with Gasteiger partial charge in [0.1, 0.15) is 0 Å². The fourth-order valence-electron chi connectivity index (χ4n) is 2.28. The van der Waals surface area contributed by atoms with Crippen molar-refractivity contribution in [2.45, 2.75) is 39.2 Å². The maximum atomic E-state index is 11.3. The number of amides is 1. The van der Waals surface area contributed by atoms with Gasteiger partial charge in [-0.05, 0) is 18.8 Å². The van der Waals surface area contributed by atoms with Gasteiger partial charge in [-0.1, -0.05) is 13.8 Å². The summed E-state index contributed by atoms with van der Waals surface area (Å²) in [5, 5.41) is 2.94. The third-order valence-corrected chi connectivity index (χ3v) is 3.08. The molecule has 0 aliphatic carbocycles. The van der Waals surface area contributed by atoms with E-state index in [-0.39, 0.29) is 24.4 Å². The molecule has 5 heteroatoms. The normalized spacial score (nSPS) is 24.2. The molecule has 1 saturated heterocycles. The van der Waals surface area contributed by atoms with Gasteiger partial charge in [0.25, 0.3) is 0 Å². The third kappa shape index (κ3) is 5.70. The minimum Gasteiger partial charge on any atom is -0.378 e. The molecule has 0 aromatic carbocycles. The first-order valence-electron chi connectivity index (χ1n) is 6.23. The first kappa shape index (κ1) is 16.7. The summed E-state index contributed by atoms with van der Waals surface area (Å²) in [6, 6.07) is 0. The number of nitrogens with one attached hydrogen (secondary N) is 1. The number of rotatable bonds is 5. The highest BCUT2D eigenvalue weighted by Gasteiger charge is 2.28. The van der Waals surface area contributed by atoms with Crippen molar-refractivity contribution in [1.82, 2.24) is 5.32 Å². The molecule has 0 bridgehead atoms. The first-order chi connectivity index (χ1) is 7.65. The van der Waals surface area contributed by atoms with Crippen molar-refractivity contribution in [3.05, 3.63) is 0 Å². The lowest BCUT2D eigenvalue weighted by molar-refractivity contribution is -0.121. The number of carbonyl (C=O) groups is 1. The lowest BCUT2D eigenvalue weighted by Crippen LogP contribution is -2.41. The van der Waals surface area contributed by atoms with E-state index in [9.17, 15) is 4.79 Å². The zero-order valence-corrected chi connectivity index (χ0v) is 11.6. The van der Waals surface area contributed by atoms with Gasteiger partial charge < -0.3 is 15.8 Å². The highest BCUT2D eigenvalue weighted by molar-refractivity contribution is 5.85. The predicted octanol–water partition coefficient (Wildman–Crippen LogP) is 1.32. The number of nitrogens with two attached hydrogens (primary N) is 1. The Morgan fingerprint density at radius 2 is 2.24 bits per heavy atom. The maximum absolute atomic E-state index is 11.3. The summed E-state index contributed by atoms with van der Waals surface area (Å²) in [6.45, 7) is 6.34. The van der Waals surface area contributed by atoms with E-state index < -0.39 is 0 Å². The molecule has 0 spiro atoms. The van der Waals surface area contributed by atoms with E-state index in [4.69, 9.17) is 10.5 Å². The van der Waals surface area contributed by atoms with Crippen molar-refractivity contribution in [2.24, 2.45) is 17.6 Å². The number of hydrogen-bond acceptors (Lipinski definition) is 3. The van der Waals surface area contributed by atoms with Gasteiger partial charge in [0, 0.05) is 32.0 Å². The van der Waals surface area contributed by atoms with E-state index in [1.807, 2.05) is 0 Å². The molecule has 1 rings (SSSR count). The van der Waals surface area contributed by atoms with E-state index in [0.29, 0.717) is 24.8 Å². The molecule has 0 aromatic rings. The van der Waals surface area contributed by atoms with Gasteiger partial charge in [0.05, 0.1) is 6.10 Å². The van der Waals surface area contributed by atoms with Crippen LogP contribution in [0.3, 0.4) is 0 Å². The van der Waals surface area contributed by atoms with Crippen molar-refractivity contribution in [3.8, 4) is 0 Å². The molecule has 4 nitrogen and oxygen atoms in total. The summed E-state index contributed by atoms with van der Waals surface area (Å²) >= 11 is 0. The van der Waals surface area contributed by atoms with E-state index in [0.717, 1.165) is 26.0 Å². The molecule has 1 fully saturated rings. The standard InChI is InChI=1S/C12H24N2O2.ClH/c1-9(2)12-10(4-3-7-16-12)8-14-11(15)5-6-13;/h9-10,12H,3-8,13H2,1-2H3,(H,14,15);1H. The van der Waals surface area contributed by atoms with Crippen LogP contribution in [0.5, 0.6) is 0 Å². The topological polar surface area (TPSA) is 64.3 Å². The molecule has 1 amide bonds. The summed E-state index contributed by atoms with van der Waals surface area (Å²) in [6.07, 6.45) is 2.94. The summed E-state index contributed by atoms with van der Waals surface area (Å²) in [7, 11) is 0. The molecule has 17 heavy (non-hydrogen) atoms. The molecule has 3 N–H and O–H groups in total. The quantitative estimate of drug-likeness (QED) is 0.787. The Morgan fingerprint density at radius 1 is 1.53 bits per heavy atom. The average Bonchev–Trinajstić information content (AvgIpc) is 2.27. The van der Waals surface area contributed by atoms with Gasteiger partial charge in [-0.2, -0.15) is 0 Å². The second-order valence-electron chi connectivity index (χ2n) is 4.82. The molecular formula is C12H25ClN2O2. The fraction of sp³-hybridized carbons (Fsp3) is 0.917. The van der Waals surface area contributed by atoms with Crippen LogP contribution >= 0.6 is 12.4 Å². The van der Waals surface area contributed by atoms with Crippen LogP contribution in [0.15, 0.2) is 0 Å². The fourth-order valence-corrected chi connectivity index (χ4v) is 2.28. The number of hydrogen-bond donors (Lipinski definition) is 2. The van der Waals surface area contributed by atoms with Crippen LogP contribution in [-0.2, 0) is 9.53 Å². The van der Waals surface area contributed by atoms with Crippen molar-refractivity contribution in [3.63, 3.8) is 0 Å². The van der Waals surface area contributed by atoms with Crippen LogP contribution in [0.1, 0.15) is 33.1 Å². The molecule has 2 unspecified atom stereocenters. The van der Waals surface area contributed by atoms with E-state index in [1.54, 1.807) is 0 Å². The molecule has 0 aromatic heterocycles. The second kappa shape index (κ2) is 8.72. The summed E-state index contributed by atoms with van der Waals surface area (Å²) in [5.74, 6) is 1.02. The molecule has 1 aliphatic heterocycles. The maximum Gasteiger partial charge on any atom is 0.221 e. The second-order valence-corrected chi connectivity index (χ2v) is 4.82. The molecular weight excluding hydrogens is 240 g/mol. The Balaban J connectivity index is 0.00000256. The minimum atomic E-state index is 0. The van der Waals surface area contributed by atoms with Gasteiger partial charge >= 0.3 is 0 Å². The zero-order valence-electron chi connectivity index (χ0n) is 10.8. The Hall–Kier alpha value is -0.320. The molecule has 2 atom stereocenters. The third-order valence-electron chi connectivity index (χ3n) is 3.08. The van der Waals surface area contributed by atoms with E-state index in [2.05, 4.69) is 19.2 Å². The number of carbonyl (C=O) groups excluding carboxylic acids is 1. The number of ether oxygens (including phenoxy) is 1. The van der Waals surface area contributed by atoms with Gasteiger partial charge in [0.15, 0.2) is 0 Å².